The summed E-state index contributed by atoms with van der Waals surface area (Å²) in [5, 5.41) is 3.47. The van der Waals surface area contributed by atoms with Crippen molar-refractivity contribution in [1.82, 2.24) is 10.2 Å². The number of halogens is 1. The first kappa shape index (κ1) is 19.9. The van der Waals surface area contributed by atoms with Crippen molar-refractivity contribution in [2.75, 3.05) is 26.5 Å². The number of nitrogens with zero attached hydrogens (tertiary/aromatic N) is 1. The van der Waals surface area contributed by atoms with Crippen LogP contribution in [0.3, 0.4) is 0 Å². The molecule has 1 unspecified atom stereocenters. The summed E-state index contributed by atoms with van der Waals surface area (Å²) in [5.74, 6) is 1.17. The predicted octanol–water partition coefficient (Wildman–Crippen LogP) is 3.29. The maximum atomic E-state index is 13.2. The number of carbonyl (C=O) groups excluding carboxylic acids is 2. The number of benzene rings is 2. The largest absolute Gasteiger partial charge is 0.493 e. The van der Waals surface area contributed by atoms with Crippen LogP contribution in [0.15, 0.2) is 36.4 Å². The normalized spacial score (nSPS) is 19.7. The lowest BCUT2D eigenvalue weighted by atomic mass is 10.1. The van der Waals surface area contributed by atoms with Crippen LogP contribution in [0.1, 0.15) is 26.9 Å². The van der Waals surface area contributed by atoms with E-state index in [9.17, 15) is 9.59 Å². The first-order valence-corrected chi connectivity index (χ1v) is 10.7. The minimum absolute atomic E-state index is 0.138. The third kappa shape index (κ3) is 3.53. The summed E-state index contributed by atoms with van der Waals surface area (Å²) in [6.07, 6.45) is 0.700. The number of methoxy groups -OCH3 is 2. The van der Waals surface area contributed by atoms with Crippen LogP contribution in [0, 0.1) is 0 Å². The molecule has 2 atom stereocenters. The number of amides is 2. The maximum Gasteiger partial charge on any atom is 0.260 e. The molecule has 2 aromatic carbocycles. The summed E-state index contributed by atoms with van der Waals surface area (Å²) in [6, 6.07) is 10.7. The third-order valence-electron chi connectivity index (χ3n) is 5.22. The molecule has 6 nitrogen and oxygen atoms in total. The standard InChI is InChI=1S/C21H21ClN2O4S/c1-27-16-8-7-14-17(18(16)28-2)20(26)24-15(11-29-21(14)24)19(25)23-10-9-12-3-5-13(22)6-4-12/h3-8,15,21H,9-11H2,1-2H3,(H,23,25)/t15-,21?/m0/s1. The number of hydrogen-bond donors (Lipinski definition) is 1. The zero-order valence-electron chi connectivity index (χ0n) is 16.1. The van der Waals surface area contributed by atoms with Crippen molar-refractivity contribution in [3.8, 4) is 11.5 Å². The summed E-state index contributed by atoms with van der Waals surface area (Å²) in [6.45, 7) is 0.498. The second-order valence-electron chi connectivity index (χ2n) is 6.85. The van der Waals surface area contributed by atoms with E-state index in [0.29, 0.717) is 40.8 Å². The summed E-state index contributed by atoms with van der Waals surface area (Å²) in [5.41, 5.74) is 2.45. The Kier molecular flexibility index (Phi) is 5.61. The van der Waals surface area contributed by atoms with Crippen LogP contribution in [0.25, 0.3) is 0 Å². The van der Waals surface area contributed by atoms with Crippen LogP contribution in [0.2, 0.25) is 5.02 Å². The van der Waals surface area contributed by atoms with Gasteiger partial charge in [0.05, 0.1) is 19.8 Å². The number of carbonyl (C=O) groups is 2. The van der Waals surface area contributed by atoms with E-state index >= 15 is 0 Å². The monoisotopic (exact) mass is 432 g/mol. The van der Waals surface area contributed by atoms with E-state index in [-0.39, 0.29) is 17.2 Å². The second-order valence-corrected chi connectivity index (χ2v) is 8.40. The lowest BCUT2D eigenvalue weighted by Gasteiger charge is -2.22. The Bertz CT molecular complexity index is 950. The molecule has 152 valence electrons. The van der Waals surface area contributed by atoms with E-state index in [2.05, 4.69) is 5.32 Å². The Balaban J connectivity index is 1.46. The molecule has 8 heteroatoms. The van der Waals surface area contributed by atoms with Crippen molar-refractivity contribution in [2.24, 2.45) is 0 Å². The molecule has 2 amide bonds. The van der Waals surface area contributed by atoms with Gasteiger partial charge < -0.3 is 19.7 Å². The molecule has 4 rings (SSSR count). The zero-order valence-corrected chi connectivity index (χ0v) is 17.7. The minimum Gasteiger partial charge on any atom is -0.493 e. The van der Waals surface area contributed by atoms with Gasteiger partial charge in [-0.2, -0.15) is 0 Å². The summed E-state index contributed by atoms with van der Waals surface area (Å²) in [7, 11) is 3.05. The SMILES string of the molecule is COc1ccc2c(c1OC)C(=O)N1C2SC[C@H]1C(=O)NCCc1ccc(Cl)cc1. The quantitative estimate of drug-likeness (QED) is 0.758. The van der Waals surface area contributed by atoms with Gasteiger partial charge in [-0.25, -0.2) is 0 Å². The highest BCUT2D eigenvalue weighted by Gasteiger charge is 2.50. The topological polar surface area (TPSA) is 67.9 Å². The van der Waals surface area contributed by atoms with Gasteiger partial charge in [0.1, 0.15) is 11.4 Å². The van der Waals surface area contributed by atoms with Crippen molar-refractivity contribution >= 4 is 35.2 Å². The molecule has 1 saturated heterocycles. The van der Waals surface area contributed by atoms with E-state index in [1.807, 2.05) is 30.3 Å². The van der Waals surface area contributed by atoms with Gasteiger partial charge in [-0.3, -0.25) is 9.59 Å². The fourth-order valence-corrected chi connectivity index (χ4v) is 5.37. The molecule has 2 aromatic rings. The highest BCUT2D eigenvalue weighted by Crippen LogP contribution is 2.52. The van der Waals surface area contributed by atoms with Gasteiger partial charge in [0.2, 0.25) is 5.91 Å². The predicted molar refractivity (Wildman–Crippen MR) is 113 cm³/mol. The lowest BCUT2D eigenvalue weighted by molar-refractivity contribution is -0.124. The summed E-state index contributed by atoms with van der Waals surface area (Å²) < 4.78 is 10.8. The lowest BCUT2D eigenvalue weighted by Crippen LogP contribution is -2.46. The molecular weight excluding hydrogens is 412 g/mol. The molecule has 0 bridgehead atoms. The Morgan fingerprint density at radius 1 is 1.21 bits per heavy atom. The van der Waals surface area contributed by atoms with Gasteiger partial charge in [-0.1, -0.05) is 29.8 Å². The molecular formula is C21H21ClN2O4S. The molecule has 0 aliphatic carbocycles. The van der Waals surface area contributed by atoms with Crippen LogP contribution in [0.4, 0.5) is 0 Å². The average Bonchev–Trinajstić information content (AvgIpc) is 3.28. The number of hydrogen-bond acceptors (Lipinski definition) is 5. The van der Waals surface area contributed by atoms with Crippen LogP contribution in [-0.2, 0) is 11.2 Å². The zero-order chi connectivity index (χ0) is 20.5. The fourth-order valence-electron chi connectivity index (χ4n) is 3.79. The Morgan fingerprint density at radius 3 is 2.66 bits per heavy atom. The van der Waals surface area contributed by atoms with Crippen molar-refractivity contribution in [3.05, 3.63) is 58.1 Å². The average molecular weight is 433 g/mol. The van der Waals surface area contributed by atoms with Crippen molar-refractivity contribution in [2.45, 2.75) is 17.8 Å². The molecule has 1 N–H and O–H groups in total. The van der Waals surface area contributed by atoms with Crippen LogP contribution in [-0.4, -0.2) is 49.3 Å². The molecule has 1 fully saturated rings. The van der Waals surface area contributed by atoms with E-state index in [0.717, 1.165) is 11.1 Å². The van der Waals surface area contributed by atoms with Gasteiger partial charge in [0.15, 0.2) is 11.5 Å². The van der Waals surface area contributed by atoms with Gasteiger partial charge in [-0.15, -0.1) is 11.8 Å². The third-order valence-corrected chi connectivity index (χ3v) is 6.78. The summed E-state index contributed by atoms with van der Waals surface area (Å²) in [4.78, 5) is 27.6. The van der Waals surface area contributed by atoms with Gasteiger partial charge >= 0.3 is 0 Å². The van der Waals surface area contributed by atoms with E-state index in [1.165, 1.54) is 14.2 Å². The van der Waals surface area contributed by atoms with Gasteiger partial charge in [-0.05, 0) is 30.2 Å². The highest BCUT2D eigenvalue weighted by atomic mass is 35.5. The van der Waals surface area contributed by atoms with Crippen molar-refractivity contribution in [3.63, 3.8) is 0 Å². The Hall–Kier alpha value is -2.38. The molecule has 0 saturated carbocycles. The van der Waals surface area contributed by atoms with Crippen LogP contribution in [0.5, 0.6) is 11.5 Å². The number of nitrogens with one attached hydrogen (secondary N) is 1. The van der Waals surface area contributed by atoms with E-state index in [1.54, 1.807) is 22.7 Å². The smallest absolute Gasteiger partial charge is 0.260 e. The molecule has 2 aliphatic heterocycles. The van der Waals surface area contributed by atoms with Gasteiger partial charge in [0.25, 0.3) is 5.91 Å². The first-order valence-electron chi connectivity index (χ1n) is 9.26. The van der Waals surface area contributed by atoms with Crippen LogP contribution < -0.4 is 14.8 Å². The first-order chi connectivity index (χ1) is 14.0. The minimum atomic E-state index is -0.509. The van der Waals surface area contributed by atoms with Crippen molar-refractivity contribution in [1.29, 1.82) is 0 Å². The number of ether oxygens (including phenoxy) is 2. The van der Waals surface area contributed by atoms with Crippen LogP contribution >= 0.6 is 23.4 Å². The van der Waals surface area contributed by atoms with E-state index in [4.69, 9.17) is 21.1 Å². The molecule has 2 aliphatic rings. The van der Waals surface area contributed by atoms with E-state index < -0.39 is 6.04 Å². The van der Waals surface area contributed by atoms with Gasteiger partial charge in [0, 0.05) is 22.9 Å². The Labute approximate surface area is 178 Å². The maximum absolute atomic E-state index is 13.2. The molecule has 0 aromatic heterocycles. The highest BCUT2D eigenvalue weighted by molar-refractivity contribution is 7.99. The molecule has 0 spiro atoms. The molecule has 2 heterocycles. The Morgan fingerprint density at radius 2 is 1.97 bits per heavy atom. The fraction of sp³-hybridized carbons (Fsp3) is 0.333. The molecule has 0 radical (unpaired) electrons. The second kappa shape index (κ2) is 8.16. The number of rotatable bonds is 6. The summed E-state index contributed by atoms with van der Waals surface area (Å²) >= 11 is 7.49. The van der Waals surface area contributed by atoms with Crippen molar-refractivity contribution < 1.29 is 19.1 Å². The number of thioether (sulfide) groups is 1. The molecule has 29 heavy (non-hydrogen) atoms. The number of fused-ring (bicyclic) bond motifs is 3.